The predicted molar refractivity (Wildman–Crippen MR) is 138 cm³/mol. The van der Waals surface area contributed by atoms with E-state index in [1.54, 1.807) is 0 Å². The molecule has 1 aliphatic rings. The fourth-order valence-electron chi connectivity index (χ4n) is 4.82. The number of ether oxygens (including phenoxy) is 1. The maximum atomic E-state index is 12.6. The van der Waals surface area contributed by atoms with Crippen LogP contribution in [0.5, 0.6) is 0 Å². The van der Waals surface area contributed by atoms with E-state index >= 15 is 0 Å². The molecule has 5 nitrogen and oxygen atoms in total. The lowest BCUT2D eigenvalue weighted by Gasteiger charge is -2.17. The van der Waals surface area contributed by atoms with Crippen LogP contribution < -0.4 is 5.32 Å². The Kier molecular flexibility index (Phi) is 8.19. The SMILES string of the molecule is CCCCCCc1ccc(CC(NC(=O)OCC2c3ccccc3-c3ccccc32)C(=O)O)cc1. The van der Waals surface area contributed by atoms with E-state index in [1.165, 1.54) is 24.8 Å². The van der Waals surface area contributed by atoms with Gasteiger partial charge in [-0.1, -0.05) is 99.0 Å². The molecule has 0 aliphatic heterocycles. The summed E-state index contributed by atoms with van der Waals surface area (Å²) in [6.45, 7) is 2.35. The highest BCUT2D eigenvalue weighted by atomic mass is 16.5. The topological polar surface area (TPSA) is 75.6 Å². The van der Waals surface area contributed by atoms with E-state index in [0.717, 1.165) is 40.7 Å². The van der Waals surface area contributed by atoms with Gasteiger partial charge in [0.25, 0.3) is 0 Å². The van der Waals surface area contributed by atoms with E-state index in [-0.39, 0.29) is 18.9 Å². The number of fused-ring (bicyclic) bond motifs is 3. The predicted octanol–water partition coefficient (Wildman–Crippen LogP) is 6.34. The zero-order valence-corrected chi connectivity index (χ0v) is 20.2. The number of amides is 1. The van der Waals surface area contributed by atoms with Crippen LogP contribution in [-0.4, -0.2) is 29.8 Å². The van der Waals surface area contributed by atoms with Gasteiger partial charge in [0.2, 0.25) is 0 Å². The van der Waals surface area contributed by atoms with Gasteiger partial charge >= 0.3 is 12.1 Å². The van der Waals surface area contributed by atoms with Gasteiger partial charge < -0.3 is 15.2 Å². The van der Waals surface area contributed by atoms with Crippen LogP contribution in [0.15, 0.2) is 72.8 Å². The second-order valence-electron chi connectivity index (χ2n) is 9.19. The number of unbranched alkanes of at least 4 members (excludes halogenated alkanes) is 3. The molecular weight excluding hydrogens is 438 g/mol. The smallest absolute Gasteiger partial charge is 0.407 e. The molecule has 0 aromatic heterocycles. The van der Waals surface area contributed by atoms with E-state index in [9.17, 15) is 14.7 Å². The molecule has 0 saturated heterocycles. The maximum Gasteiger partial charge on any atom is 0.407 e. The van der Waals surface area contributed by atoms with E-state index in [0.29, 0.717) is 0 Å². The molecule has 1 amide bonds. The number of rotatable bonds is 11. The average molecular weight is 472 g/mol. The highest BCUT2D eigenvalue weighted by Gasteiger charge is 2.29. The van der Waals surface area contributed by atoms with Crippen molar-refractivity contribution >= 4 is 12.1 Å². The molecule has 0 bridgehead atoms. The van der Waals surface area contributed by atoms with Crippen LogP contribution in [0.4, 0.5) is 4.79 Å². The number of benzene rings is 3. The molecule has 3 aromatic carbocycles. The van der Waals surface area contributed by atoms with Gasteiger partial charge in [-0.3, -0.25) is 0 Å². The van der Waals surface area contributed by atoms with Crippen molar-refractivity contribution in [2.45, 2.75) is 57.4 Å². The molecule has 2 N–H and O–H groups in total. The van der Waals surface area contributed by atoms with Gasteiger partial charge in [-0.25, -0.2) is 9.59 Å². The van der Waals surface area contributed by atoms with Gasteiger partial charge in [-0.15, -0.1) is 0 Å². The third-order valence-electron chi connectivity index (χ3n) is 6.72. The Labute approximate surface area is 207 Å². The van der Waals surface area contributed by atoms with Gasteiger partial charge in [-0.2, -0.15) is 0 Å². The van der Waals surface area contributed by atoms with Gasteiger partial charge in [0.15, 0.2) is 0 Å². The first kappa shape index (κ1) is 24.5. The quantitative estimate of drug-likeness (QED) is 0.320. The van der Waals surface area contributed by atoms with Crippen LogP contribution >= 0.6 is 0 Å². The number of hydrogen-bond donors (Lipinski definition) is 2. The van der Waals surface area contributed by atoms with Crippen molar-refractivity contribution < 1.29 is 19.4 Å². The van der Waals surface area contributed by atoms with Crippen LogP contribution in [0.1, 0.15) is 60.8 Å². The van der Waals surface area contributed by atoms with Crippen molar-refractivity contribution in [1.82, 2.24) is 5.32 Å². The lowest BCUT2D eigenvalue weighted by atomic mass is 9.98. The molecule has 1 atom stereocenters. The lowest BCUT2D eigenvalue weighted by Crippen LogP contribution is -2.42. The normalized spacial score (nSPS) is 13.1. The molecule has 0 fully saturated rings. The van der Waals surface area contributed by atoms with E-state index in [1.807, 2.05) is 48.5 Å². The minimum atomic E-state index is -1.08. The van der Waals surface area contributed by atoms with Crippen molar-refractivity contribution in [2.24, 2.45) is 0 Å². The zero-order chi connectivity index (χ0) is 24.6. The van der Waals surface area contributed by atoms with Gasteiger partial charge in [-0.05, 0) is 46.2 Å². The van der Waals surface area contributed by atoms with Crippen molar-refractivity contribution in [3.05, 3.63) is 95.1 Å². The molecule has 1 aliphatic carbocycles. The fraction of sp³-hybridized carbons (Fsp3) is 0.333. The Morgan fingerprint density at radius 1 is 0.857 bits per heavy atom. The van der Waals surface area contributed by atoms with Crippen LogP contribution in [0.2, 0.25) is 0 Å². The summed E-state index contributed by atoms with van der Waals surface area (Å²) in [5, 5.41) is 12.2. The van der Waals surface area contributed by atoms with Crippen LogP contribution in [0.25, 0.3) is 11.1 Å². The Morgan fingerprint density at radius 3 is 2.06 bits per heavy atom. The largest absolute Gasteiger partial charge is 0.480 e. The Hall–Kier alpha value is -3.60. The molecule has 5 heteroatoms. The number of hydrogen-bond acceptors (Lipinski definition) is 3. The molecule has 3 aromatic rings. The van der Waals surface area contributed by atoms with E-state index < -0.39 is 18.1 Å². The Bertz CT molecular complexity index is 1110. The summed E-state index contributed by atoms with van der Waals surface area (Å²) in [7, 11) is 0. The molecule has 1 unspecified atom stereocenters. The van der Waals surface area contributed by atoms with Gasteiger partial charge in [0.05, 0.1) is 0 Å². The number of carboxylic acids is 1. The van der Waals surface area contributed by atoms with Gasteiger partial charge in [0.1, 0.15) is 12.6 Å². The van der Waals surface area contributed by atoms with Crippen LogP contribution in [0.3, 0.4) is 0 Å². The number of aryl methyl sites for hydroxylation is 1. The average Bonchev–Trinajstić information content (AvgIpc) is 3.19. The van der Waals surface area contributed by atoms with E-state index in [2.05, 4.69) is 36.5 Å². The van der Waals surface area contributed by atoms with Crippen molar-refractivity contribution in [1.29, 1.82) is 0 Å². The molecule has 35 heavy (non-hydrogen) atoms. The molecule has 182 valence electrons. The monoisotopic (exact) mass is 471 g/mol. The molecule has 0 heterocycles. The third-order valence-corrected chi connectivity index (χ3v) is 6.72. The summed E-state index contributed by atoms with van der Waals surface area (Å²) in [6.07, 6.45) is 5.37. The number of alkyl carbamates (subject to hydrolysis) is 1. The highest BCUT2D eigenvalue weighted by Crippen LogP contribution is 2.44. The van der Waals surface area contributed by atoms with Gasteiger partial charge in [0, 0.05) is 12.3 Å². The maximum absolute atomic E-state index is 12.6. The summed E-state index contributed by atoms with van der Waals surface area (Å²) in [6, 6.07) is 23.2. The first-order valence-corrected chi connectivity index (χ1v) is 12.5. The molecule has 0 saturated carbocycles. The Morgan fingerprint density at radius 2 is 1.46 bits per heavy atom. The zero-order valence-electron chi connectivity index (χ0n) is 20.2. The minimum Gasteiger partial charge on any atom is -0.480 e. The van der Waals surface area contributed by atoms with Crippen molar-refractivity contribution in [3.63, 3.8) is 0 Å². The number of carboxylic acid groups (broad SMARTS) is 1. The van der Waals surface area contributed by atoms with Crippen LogP contribution in [-0.2, 0) is 22.4 Å². The number of aliphatic carboxylic acids is 1. The molecule has 4 rings (SSSR count). The fourth-order valence-corrected chi connectivity index (χ4v) is 4.82. The summed E-state index contributed by atoms with van der Waals surface area (Å²) < 4.78 is 5.53. The van der Waals surface area contributed by atoms with E-state index in [4.69, 9.17) is 4.74 Å². The second kappa shape index (κ2) is 11.7. The second-order valence-corrected chi connectivity index (χ2v) is 9.19. The number of nitrogens with one attached hydrogen (secondary N) is 1. The summed E-state index contributed by atoms with van der Waals surface area (Å²) >= 11 is 0. The van der Waals surface area contributed by atoms with Crippen LogP contribution in [0, 0.1) is 0 Å². The highest BCUT2D eigenvalue weighted by molar-refractivity contribution is 5.81. The molecule has 0 spiro atoms. The Balaban J connectivity index is 1.33. The molecular formula is C30H33NO4. The summed E-state index contributed by atoms with van der Waals surface area (Å²) in [5.41, 5.74) is 6.65. The first-order chi connectivity index (χ1) is 17.1. The lowest BCUT2D eigenvalue weighted by molar-refractivity contribution is -0.139. The number of carbonyl (C=O) groups is 2. The first-order valence-electron chi connectivity index (χ1n) is 12.5. The summed E-state index contributed by atoms with van der Waals surface area (Å²) in [4.78, 5) is 24.4. The van der Waals surface area contributed by atoms with Crippen molar-refractivity contribution in [3.8, 4) is 11.1 Å². The van der Waals surface area contributed by atoms with Crippen molar-refractivity contribution in [2.75, 3.05) is 6.61 Å². The minimum absolute atomic E-state index is 0.0682. The summed E-state index contributed by atoms with van der Waals surface area (Å²) in [5.74, 6) is -1.15. The number of carbonyl (C=O) groups excluding carboxylic acids is 1. The molecule has 0 radical (unpaired) electrons. The standard InChI is InChI=1S/C30H33NO4/c1-2-3-4-5-10-21-15-17-22(18-16-21)19-28(29(32)33)31-30(34)35-20-27-25-13-8-6-11-23(25)24-12-7-9-14-26(24)27/h6-9,11-18,27-28H,2-5,10,19-20H2,1H3,(H,31,34)(H,32,33). The third kappa shape index (κ3) is 6.10.